The number of nitrogens with one attached hydrogen (secondary N) is 1. The van der Waals surface area contributed by atoms with Crippen LogP contribution in [0.5, 0.6) is 0 Å². The van der Waals surface area contributed by atoms with Gasteiger partial charge in [-0.3, -0.25) is 14.2 Å². The maximum Gasteiger partial charge on any atom is 0.266 e. The molecule has 0 bridgehead atoms. The Morgan fingerprint density at radius 3 is 2.14 bits per heavy atom. The predicted octanol–water partition coefficient (Wildman–Crippen LogP) is 7.36. The van der Waals surface area contributed by atoms with Crippen LogP contribution in [-0.4, -0.2) is 53.8 Å². The van der Waals surface area contributed by atoms with Gasteiger partial charge in [-0.15, -0.1) is 0 Å². The molecule has 8 heteroatoms. The van der Waals surface area contributed by atoms with Crippen LogP contribution >= 0.6 is 0 Å². The summed E-state index contributed by atoms with van der Waals surface area (Å²) in [7, 11) is -4.08. The molecule has 7 nitrogen and oxygen atoms in total. The summed E-state index contributed by atoms with van der Waals surface area (Å²) in [5.41, 5.74) is 3.19. The summed E-state index contributed by atoms with van der Waals surface area (Å²) in [6, 6.07) is 21.7. The smallest absolute Gasteiger partial charge is 0.266 e. The van der Waals surface area contributed by atoms with Crippen LogP contribution < -0.4 is 5.32 Å². The van der Waals surface area contributed by atoms with E-state index in [0.29, 0.717) is 47.8 Å². The van der Waals surface area contributed by atoms with Gasteiger partial charge in [0.1, 0.15) is 0 Å². The first-order chi connectivity index (χ1) is 23.4. The van der Waals surface area contributed by atoms with Crippen molar-refractivity contribution in [3.05, 3.63) is 71.8 Å². The monoisotopic (exact) mass is 692 g/mol. The Morgan fingerprint density at radius 2 is 1.51 bits per heavy atom. The van der Waals surface area contributed by atoms with Gasteiger partial charge in [0.05, 0.1) is 11.9 Å². The number of rotatable bonds is 13. The van der Waals surface area contributed by atoms with Crippen LogP contribution in [0, 0.1) is 52.3 Å². The van der Waals surface area contributed by atoms with Gasteiger partial charge < -0.3 is 10.4 Å². The predicted molar refractivity (Wildman–Crippen MR) is 195 cm³/mol. The third-order valence-electron chi connectivity index (χ3n) is 14.1. The van der Waals surface area contributed by atoms with Crippen LogP contribution in [0.25, 0.3) is 0 Å². The van der Waals surface area contributed by atoms with Crippen molar-refractivity contribution in [1.29, 1.82) is 0 Å². The van der Waals surface area contributed by atoms with Crippen LogP contribution in [0.4, 0.5) is 0 Å². The van der Waals surface area contributed by atoms with E-state index < -0.39 is 15.9 Å². The molecule has 0 aromatic heterocycles. The Balaban J connectivity index is 1.08. The van der Waals surface area contributed by atoms with E-state index in [4.69, 9.17) is 4.55 Å². The number of hydrogen-bond donors (Lipinski definition) is 3. The molecule has 270 valence electrons. The van der Waals surface area contributed by atoms with Crippen molar-refractivity contribution in [3.63, 3.8) is 0 Å². The molecule has 2 unspecified atom stereocenters. The number of hydrogen-bond acceptors (Lipinski definition) is 5. The molecule has 2 aromatic rings. The van der Waals surface area contributed by atoms with Gasteiger partial charge in [0.2, 0.25) is 5.91 Å². The molecule has 0 spiro atoms. The summed E-state index contributed by atoms with van der Waals surface area (Å²) in [6.07, 6.45) is 10.3. The first-order valence-corrected chi connectivity index (χ1v) is 20.7. The molecule has 6 rings (SSSR count). The molecular formula is C41H60N2O5S. The maximum absolute atomic E-state index is 12.4. The number of carbonyl (C=O) groups excluding carboxylic acids is 1. The van der Waals surface area contributed by atoms with E-state index in [1.54, 1.807) is 0 Å². The topological polar surface area (TPSA) is 107 Å². The highest BCUT2D eigenvalue weighted by molar-refractivity contribution is 7.85. The lowest BCUT2D eigenvalue weighted by Gasteiger charge is -2.63. The fourth-order valence-corrected chi connectivity index (χ4v) is 12.0. The van der Waals surface area contributed by atoms with Crippen molar-refractivity contribution in [2.45, 2.75) is 104 Å². The van der Waals surface area contributed by atoms with E-state index in [1.807, 2.05) is 0 Å². The lowest BCUT2D eigenvalue weighted by molar-refractivity contribution is -0.170. The molecule has 0 radical (unpaired) electrons. The zero-order chi connectivity index (χ0) is 34.8. The van der Waals surface area contributed by atoms with Crippen LogP contribution in [0.3, 0.4) is 0 Å². The van der Waals surface area contributed by atoms with E-state index in [1.165, 1.54) is 49.7 Å². The van der Waals surface area contributed by atoms with E-state index >= 15 is 0 Å². The summed E-state index contributed by atoms with van der Waals surface area (Å²) in [5, 5.41) is 14.6. The fraction of sp³-hybridized carbons (Fsp3) is 0.683. The second-order valence-electron chi connectivity index (χ2n) is 17.0. The highest BCUT2D eigenvalue weighted by atomic mass is 32.2. The number of carbonyl (C=O) groups is 1. The molecule has 49 heavy (non-hydrogen) atoms. The van der Waals surface area contributed by atoms with Crippen LogP contribution in [0.1, 0.15) is 96.1 Å². The molecule has 4 aliphatic rings. The van der Waals surface area contributed by atoms with Gasteiger partial charge in [0.15, 0.2) is 0 Å². The van der Waals surface area contributed by atoms with Crippen LogP contribution in [-0.2, 0) is 28.0 Å². The maximum atomic E-state index is 12.4. The number of nitrogens with zero attached hydrogens (tertiary/aromatic N) is 1. The SMILES string of the molecule is C[C@H](CCC(=O)NCCS(=O)(=O)O)[C@H]1CC[C@H]2[C@@H]3[C@@H](O)CC4CC(CN(Cc5ccccc5)Cc5ccccc5)CC[C@]4(C)[C@H]3CC[C@]12C. The molecule has 4 saturated carbocycles. The van der Waals surface area contributed by atoms with Gasteiger partial charge in [-0.2, -0.15) is 8.42 Å². The zero-order valence-electron chi connectivity index (χ0n) is 30.0. The first kappa shape index (κ1) is 36.5. The van der Waals surface area contributed by atoms with Crippen molar-refractivity contribution >= 4 is 16.0 Å². The van der Waals surface area contributed by atoms with Gasteiger partial charge in [0.25, 0.3) is 10.1 Å². The number of aliphatic hydroxyl groups excluding tert-OH is 1. The Kier molecular flexibility index (Phi) is 11.3. The lowest BCUT2D eigenvalue weighted by atomic mass is 9.43. The molecule has 0 heterocycles. The van der Waals surface area contributed by atoms with Gasteiger partial charge in [0, 0.05) is 32.6 Å². The van der Waals surface area contributed by atoms with Gasteiger partial charge >= 0.3 is 0 Å². The van der Waals surface area contributed by atoms with Crippen LogP contribution in [0.15, 0.2) is 60.7 Å². The first-order valence-electron chi connectivity index (χ1n) is 19.1. The average Bonchev–Trinajstić information content (AvgIpc) is 3.42. The molecular weight excluding hydrogens is 633 g/mol. The minimum absolute atomic E-state index is 0.0592. The van der Waals surface area contributed by atoms with Gasteiger partial charge in [-0.05, 0) is 121 Å². The second-order valence-corrected chi connectivity index (χ2v) is 18.5. The summed E-state index contributed by atoms with van der Waals surface area (Å²) in [6.45, 7) is 10.3. The molecule has 10 atom stereocenters. The van der Waals surface area contributed by atoms with E-state index in [-0.39, 0.29) is 29.4 Å². The molecule has 2 aromatic carbocycles. The zero-order valence-corrected chi connectivity index (χ0v) is 30.8. The summed E-state index contributed by atoms with van der Waals surface area (Å²) < 4.78 is 30.9. The van der Waals surface area contributed by atoms with Crippen molar-refractivity contribution in [1.82, 2.24) is 10.2 Å². The standard InChI is InChI=1S/C41H60N2O5S/c1-29(14-17-38(45)42-22-23-49(46,47)48)34-15-16-35-39-36(19-21-41(34,35)3)40(2)20-18-32(24-33(40)25-37(39)44)28-43(26-30-10-6-4-7-11-30)27-31-12-8-5-9-13-31/h4-13,29,32-37,39,44H,14-28H2,1-3H3,(H,42,45)(H,46,47,48)/t29-,32?,33?,34-,35+,36+,37+,39+,40+,41-/m1/s1. The fourth-order valence-electron chi connectivity index (χ4n) is 11.7. The number of aliphatic hydroxyl groups is 1. The van der Waals surface area contributed by atoms with E-state index in [2.05, 4.69) is 91.7 Å². The van der Waals surface area contributed by atoms with Crippen molar-refractivity contribution in [3.8, 4) is 0 Å². The summed E-state index contributed by atoms with van der Waals surface area (Å²) >= 11 is 0. The molecule has 0 saturated heterocycles. The van der Waals surface area contributed by atoms with Crippen molar-refractivity contribution in [2.75, 3.05) is 18.8 Å². The number of amides is 1. The molecule has 1 amide bonds. The van der Waals surface area contributed by atoms with Crippen LogP contribution in [0.2, 0.25) is 0 Å². The van der Waals surface area contributed by atoms with Crippen molar-refractivity contribution < 1.29 is 22.9 Å². The number of benzene rings is 2. The molecule has 0 aliphatic heterocycles. The summed E-state index contributed by atoms with van der Waals surface area (Å²) in [4.78, 5) is 15.1. The number of fused-ring (bicyclic) bond motifs is 5. The third-order valence-corrected chi connectivity index (χ3v) is 14.8. The molecule has 3 N–H and O–H groups in total. The lowest BCUT2D eigenvalue weighted by Crippen LogP contribution is -2.58. The largest absolute Gasteiger partial charge is 0.393 e. The molecule has 4 aliphatic carbocycles. The molecule has 4 fully saturated rings. The van der Waals surface area contributed by atoms with E-state index in [9.17, 15) is 18.3 Å². The minimum Gasteiger partial charge on any atom is -0.393 e. The van der Waals surface area contributed by atoms with E-state index in [0.717, 1.165) is 38.9 Å². The van der Waals surface area contributed by atoms with Gasteiger partial charge in [-0.1, -0.05) is 81.4 Å². The van der Waals surface area contributed by atoms with Crippen molar-refractivity contribution in [2.24, 2.45) is 52.3 Å². The second kappa shape index (κ2) is 15.1. The highest BCUT2D eigenvalue weighted by Gasteiger charge is 2.62. The third kappa shape index (κ3) is 8.29. The summed E-state index contributed by atoms with van der Waals surface area (Å²) in [5.74, 6) is 2.98. The normalized spacial score (nSPS) is 34.9. The van der Waals surface area contributed by atoms with Gasteiger partial charge in [-0.25, -0.2) is 0 Å². The Morgan fingerprint density at radius 1 is 0.898 bits per heavy atom. The quantitative estimate of drug-likeness (QED) is 0.190. The minimum atomic E-state index is -4.08. The highest BCUT2D eigenvalue weighted by Crippen LogP contribution is 2.68. The Bertz CT molecular complexity index is 1460. The Hall–Kier alpha value is -2.26. The Labute approximate surface area is 295 Å². The average molecular weight is 693 g/mol.